The van der Waals surface area contributed by atoms with Crippen molar-refractivity contribution in [1.29, 1.82) is 5.26 Å². The number of halogens is 1. The number of piperidine rings is 2. The van der Waals surface area contributed by atoms with Crippen molar-refractivity contribution < 1.29 is 13.9 Å². The minimum absolute atomic E-state index is 0.00622. The van der Waals surface area contributed by atoms with Gasteiger partial charge in [0.05, 0.1) is 30.7 Å². The fraction of sp³-hybridized carbons (Fsp3) is 0.542. The van der Waals surface area contributed by atoms with E-state index < -0.39 is 11.2 Å². The van der Waals surface area contributed by atoms with Crippen molar-refractivity contribution in [2.45, 2.75) is 70.4 Å². The molecule has 4 heterocycles. The number of aromatic nitrogens is 2. The molecular weight excluding hydrogens is 395 g/mol. The molecule has 2 aromatic rings. The predicted octanol–water partition coefficient (Wildman–Crippen LogP) is 4.62. The largest absolute Gasteiger partial charge is 0.492 e. The van der Waals surface area contributed by atoms with Crippen molar-refractivity contribution in [3.8, 4) is 11.8 Å². The number of methoxy groups -OCH3 is 1. The highest BCUT2D eigenvalue weighted by molar-refractivity contribution is 5.85. The zero-order chi connectivity index (χ0) is 22.3. The Morgan fingerprint density at radius 1 is 1.42 bits per heavy atom. The van der Waals surface area contributed by atoms with Crippen LogP contribution in [-0.2, 0) is 10.2 Å². The number of carbonyl (C=O) groups is 1. The van der Waals surface area contributed by atoms with Crippen LogP contribution in [0.2, 0.25) is 0 Å². The van der Waals surface area contributed by atoms with Gasteiger partial charge in [-0.25, -0.2) is 9.37 Å². The summed E-state index contributed by atoms with van der Waals surface area (Å²) in [7, 11) is 1.41. The van der Waals surface area contributed by atoms with E-state index in [4.69, 9.17) is 4.74 Å². The molecule has 0 spiro atoms. The number of hydrogen-bond donors (Lipinski definition) is 1. The Morgan fingerprint density at radius 2 is 2.10 bits per heavy atom. The zero-order valence-electron chi connectivity index (χ0n) is 18.5. The third-order valence-electron chi connectivity index (χ3n) is 6.92. The number of H-pyrrole nitrogens is 1. The molecule has 2 aliphatic heterocycles. The van der Waals surface area contributed by atoms with Crippen molar-refractivity contribution in [3.63, 3.8) is 0 Å². The van der Waals surface area contributed by atoms with Gasteiger partial charge in [0.1, 0.15) is 5.65 Å². The van der Waals surface area contributed by atoms with Crippen LogP contribution in [0.1, 0.15) is 58.4 Å². The molecule has 0 aliphatic carbocycles. The van der Waals surface area contributed by atoms with E-state index in [9.17, 15) is 10.1 Å². The summed E-state index contributed by atoms with van der Waals surface area (Å²) in [4.78, 5) is 22.8. The Balaban J connectivity index is 1.62. The molecule has 0 aromatic carbocycles. The van der Waals surface area contributed by atoms with Crippen LogP contribution in [0, 0.1) is 23.1 Å². The van der Waals surface area contributed by atoms with Crippen LogP contribution in [0.5, 0.6) is 5.75 Å². The lowest BCUT2D eigenvalue weighted by molar-refractivity contribution is -0.141. The minimum Gasteiger partial charge on any atom is -0.492 e. The Labute approximate surface area is 182 Å². The number of hydrogen-bond acceptors (Lipinski definition) is 4. The highest BCUT2D eigenvalue weighted by Gasteiger charge is 2.43. The Kier molecular flexibility index (Phi) is 5.50. The fourth-order valence-corrected chi connectivity index (χ4v) is 5.36. The van der Waals surface area contributed by atoms with Gasteiger partial charge in [-0.2, -0.15) is 5.26 Å². The fourth-order valence-electron chi connectivity index (χ4n) is 5.36. The number of allylic oxidation sites excluding steroid dienone is 1. The van der Waals surface area contributed by atoms with Gasteiger partial charge in [-0.05, 0) is 38.2 Å². The van der Waals surface area contributed by atoms with E-state index in [0.29, 0.717) is 16.6 Å². The molecular formula is C24H29FN4O2. The van der Waals surface area contributed by atoms with Gasteiger partial charge in [-0.15, -0.1) is 0 Å². The summed E-state index contributed by atoms with van der Waals surface area (Å²) >= 11 is 0. The first kappa shape index (κ1) is 21.4. The number of ether oxygens (including phenoxy) is 1. The number of rotatable bonds is 4. The first-order valence-electron chi connectivity index (χ1n) is 10.8. The number of amides is 1. The molecule has 164 valence electrons. The number of nitrogens with zero attached hydrogens (tertiary/aromatic N) is 3. The molecule has 2 fully saturated rings. The summed E-state index contributed by atoms with van der Waals surface area (Å²) in [6.45, 7) is 5.96. The molecule has 4 rings (SSSR count). The molecule has 2 aliphatic rings. The van der Waals surface area contributed by atoms with Crippen LogP contribution in [0.3, 0.4) is 0 Å². The third-order valence-corrected chi connectivity index (χ3v) is 6.92. The summed E-state index contributed by atoms with van der Waals surface area (Å²) < 4.78 is 20.1. The second-order valence-corrected chi connectivity index (χ2v) is 9.39. The highest BCUT2D eigenvalue weighted by atomic mass is 19.1. The van der Waals surface area contributed by atoms with Crippen LogP contribution < -0.4 is 4.74 Å². The number of pyridine rings is 1. The Bertz CT molecular complexity index is 1060. The molecule has 1 N–H and O–H groups in total. The van der Waals surface area contributed by atoms with Crippen molar-refractivity contribution >= 4 is 16.9 Å². The van der Waals surface area contributed by atoms with Crippen molar-refractivity contribution in [3.05, 3.63) is 35.4 Å². The van der Waals surface area contributed by atoms with E-state index in [1.54, 1.807) is 6.20 Å². The van der Waals surface area contributed by atoms with Crippen molar-refractivity contribution in [1.82, 2.24) is 14.9 Å². The SMILES string of the molecule is CC=C1CC2CC(C#N)CC(C1)N2C(=O)CC(C)(C)c1c[nH]c2ncc(OC)c(F)c12. The van der Waals surface area contributed by atoms with Gasteiger partial charge < -0.3 is 14.6 Å². The average molecular weight is 425 g/mol. The molecule has 2 bridgehead atoms. The molecule has 0 saturated carbocycles. The summed E-state index contributed by atoms with van der Waals surface area (Å²) in [6.07, 6.45) is 8.61. The monoisotopic (exact) mass is 424 g/mol. The van der Waals surface area contributed by atoms with Crippen LogP contribution in [-0.4, -0.2) is 40.0 Å². The smallest absolute Gasteiger partial charge is 0.223 e. The maximum atomic E-state index is 15.0. The van der Waals surface area contributed by atoms with Gasteiger partial charge >= 0.3 is 0 Å². The van der Waals surface area contributed by atoms with Crippen molar-refractivity contribution in [2.24, 2.45) is 5.92 Å². The van der Waals surface area contributed by atoms with E-state index >= 15 is 4.39 Å². The van der Waals surface area contributed by atoms with E-state index in [1.165, 1.54) is 18.9 Å². The zero-order valence-corrected chi connectivity index (χ0v) is 18.5. The lowest BCUT2D eigenvalue weighted by Crippen LogP contribution is -2.55. The lowest BCUT2D eigenvalue weighted by atomic mass is 9.75. The van der Waals surface area contributed by atoms with E-state index in [-0.39, 0.29) is 36.1 Å². The first-order chi connectivity index (χ1) is 14.8. The van der Waals surface area contributed by atoms with Gasteiger partial charge in [-0.3, -0.25) is 4.79 Å². The molecule has 6 nitrogen and oxygen atoms in total. The van der Waals surface area contributed by atoms with Gasteiger partial charge in [0, 0.05) is 30.1 Å². The summed E-state index contributed by atoms with van der Waals surface area (Å²) in [6, 6.07) is 2.54. The van der Waals surface area contributed by atoms with Crippen molar-refractivity contribution in [2.75, 3.05) is 7.11 Å². The average Bonchev–Trinajstić information content (AvgIpc) is 3.18. The number of aromatic amines is 1. The number of fused-ring (bicyclic) bond motifs is 3. The maximum absolute atomic E-state index is 15.0. The number of nitrogens with one attached hydrogen (secondary N) is 1. The molecule has 2 atom stereocenters. The van der Waals surface area contributed by atoms with Gasteiger partial charge in [-0.1, -0.05) is 25.5 Å². The van der Waals surface area contributed by atoms with Gasteiger partial charge in [0.25, 0.3) is 0 Å². The maximum Gasteiger partial charge on any atom is 0.223 e. The molecule has 7 heteroatoms. The minimum atomic E-state index is -0.603. The number of nitriles is 1. The molecule has 31 heavy (non-hydrogen) atoms. The normalized spacial score (nSPS) is 23.5. The second kappa shape index (κ2) is 7.99. The molecule has 2 unspecified atom stereocenters. The molecule has 2 saturated heterocycles. The van der Waals surface area contributed by atoms with E-state index in [0.717, 1.165) is 25.7 Å². The molecule has 1 amide bonds. The number of carbonyl (C=O) groups excluding carboxylic acids is 1. The van der Waals surface area contributed by atoms with Crippen LogP contribution in [0.25, 0.3) is 11.0 Å². The van der Waals surface area contributed by atoms with E-state index in [2.05, 4.69) is 22.1 Å². The van der Waals surface area contributed by atoms with Crippen LogP contribution in [0.15, 0.2) is 24.0 Å². The highest BCUT2D eigenvalue weighted by Crippen LogP contribution is 2.42. The summed E-state index contributed by atoms with van der Waals surface area (Å²) in [5.74, 6) is -0.306. The van der Waals surface area contributed by atoms with Gasteiger partial charge in [0.2, 0.25) is 5.91 Å². The predicted molar refractivity (Wildman–Crippen MR) is 116 cm³/mol. The van der Waals surface area contributed by atoms with Gasteiger partial charge in [0.15, 0.2) is 11.6 Å². The van der Waals surface area contributed by atoms with Crippen LogP contribution in [0.4, 0.5) is 4.39 Å². The quantitative estimate of drug-likeness (QED) is 0.726. The molecule has 0 radical (unpaired) electrons. The summed E-state index contributed by atoms with van der Waals surface area (Å²) in [5.41, 5.74) is 1.92. The van der Waals surface area contributed by atoms with Crippen LogP contribution >= 0.6 is 0 Å². The summed E-state index contributed by atoms with van der Waals surface area (Å²) in [5, 5.41) is 9.82. The topological polar surface area (TPSA) is 82.0 Å². The second-order valence-electron chi connectivity index (χ2n) is 9.39. The van der Waals surface area contributed by atoms with E-state index in [1.807, 2.05) is 25.7 Å². The standard InChI is InChI=1S/C24H29FN4O2/c1-5-14-6-16-8-15(11-26)9-17(7-14)29(16)20(30)10-24(2,3)18-12-27-23-21(18)22(25)19(31-4)13-28-23/h5,12-13,15-17H,6-10H2,1-4H3,(H,27,28). The lowest BCUT2D eigenvalue weighted by Gasteiger charge is -2.49. The molecule has 2 aromatic heterocycles. The Morgan fingerprint density at radius 3 is 2.68 bits per heavy atom. The first-order valence-corrected chi connectivity index (χ1v) is 10.8. The third kappa shape index (κ3) is 3.69. The Hall–Kier alpha value is -2.88.